The first-order valence-electron chi connectivity index (χ1n) is 5.98. The molecule has 0 heterocycles. The number of benzene rings is 1. The smallest absolute Gasteiger partial charge is 0.0249 e. The van der Waals surface area contributed by atoms with E-state index in [0.29, 0.717) is 0 Å². The molecule has 0 heteroatoms. The SMILES string of the molecule is C(#Cc1ccc2cccc-2cc1)c1ccccc1. The zero-order valence-corrected chi connectivity index (χ0v) is 9.93. The lowest BCUT2D eigenvalue weighted by Gasteiger charge is -1.86. The molecule has 0 unspecified atom stereocenters. The quantitative estimate of drug-likeness (QED) is 0.506. The van der Waals surface area contributed by atoms with Gasteiger partial charge in [-0.3, -0.25) is 0 Å². The van der Waals surface area contributed by atoms with Gasteiger partial charge in [0.05, 0.1) is 0 Å². The highest BCUT2D eigenvalue weighted by Gasteiger charge is 1.97. The molecular weight excluding hydrogens is 216 g/mol. The van der Waals surface area contributed by atoms with Gasteiger partial charge in [-0.05, 0) is 35.4 Å². The molecule has 0 saturated heterocycles. The van der Waals surface area contributed by atoms with Gasteiger partial charge in [0.2, 0.25) is 0 Å². The van der Waals surface area contributed by atoms with Gasteiger partial charge in [0, 0.05) is 11.1 Å². The number of hydrogen-bond donors (Lipinski definition) is 0. The Bertz CT molecular complexity index is 653. The molecule has 0 atom stereocenters. The maximum Gasteiger partial charge on any atom is 0.0249 e. The van der Waals surface area contributed by atoms with Crippen molar-refractivity contribution >= 4 is 0 Å². The van der Waals surface area contributed by atoms with Crippen molar-refractivity contribution in [2.45, 2.75) is 0 Å². The molecule has 0 N–H and O–H groups in total. The molecule has 1 aromatic rings. The molecule has 0 spiro atoms. The van der Waals surface area contributed by atoms with Gasteiger partial charge in [0.25, 0.3) is 0 Å². The van der Waals surface area contributed by atoms with Gasteiger partial charge < -0.3 is 0 Å². The molecule has 18 heavy (non-hydrogen) atoms. The number of fused-ring (bicyclic) bond motifs is 1. The van der Waals surface area contributed by atoms with Crippen molar-refractivity contribution in [3.63, 3.8) is 0 Å². The average molecular weight is 228 g/mol. The van der Waals surface area contributed by atoms with Crippen molar-refractivity contribution in [1.82, 2.24) is 0 Å². The Labute approximate surface area is 107 Å². The van der Waals surface area contributed by atoms with Crippen LogP contribution in [-0.2, 0) is 0 Å². The maximum atomic E-state index is 3.20. The second-order valence-electron chi connectivity index (χ2n) is 4.17. The summed E-state index contributed by atoms with van der Waals surface area (Å²) in [6, 6.07) is 24.7. The van der Waals surface area contributed by atoms with Gasteiger partial charge in [-0.1, -0.05) is 60.4 Å². The van der Waals surface area contributed by atoms with E-state index in [1.165, 1.54) is 11.1 Å². The first-order chi connectivity index (χ1) is 8.92. The summed E-state index contributed by atoms with van der Waals surface area (Å²) < 4.78 is 0. The Morgan fingerprint density at radius 1 is 0.444 bits per heavy atom. The van der Waals surface area contributed by atoms with Gasteiger partial charge in [-0.2, -0.15) is 0 Å². The lowest BCUT2D eigenvalue weighted by atomic mass is 10.2. The lowest BCUT2D eigenvalue weighted by Crippen LogP contribution is -1.72. The predicted octanol–water partition coefficient (Wildman–Crippen LogP) is 4.19. The summed E-state index contributed by atoms with van der Waals surface area (Å²) >= 11 is 0. The molecule has 0 aromatic heterocycles. The fourth-order valence-corrected chi connectivity index (χ4v) is 1.92. The topological polar surface area (TPSA) is 0 Å². The van der Waals surface area contributed by atoms with Gasteiger partial charge in [-0.15, -0.1) is 0 Å². The van der Waals surface area contributed by atoms with Crippen LogP contribution in [0.3, 0.4) is 0 Å². The van der Waals surface area contributed by atoms with Crippen molar-refractivity contribution in [2.24, 2.45) is 0 Å². The molecule has 0 fully saturated rings. The molecule has 1 aromatic carbocycles. The third-order valence-electron chi connectivity index (χ3n) is 2.89. The van der Waals surface area contributed by atoms with Crippen LogP contribution in [0.15, 0.2) is 72.8 Å². The highest BCUT2D eigenvalue weighted by molar-refractivity contribution is 5.66. The minimum absolute atomic E-state index is 1.04. The zero-order valence-electron chi connectivity index (χ0n) is 9.93. The summed E-state index contributed by atoms with van der Waals surface area (Å²) in [7, 11) is 0. The van der Waals surface area contributed by atoms with Crippen molar-refractivity contribution in [3.05, 3.63) is 83.9 Å². The van der Waals surface area contributed by atoms with Crippen LogP contribution in [0.4, 0.5) is 0 Å². The van der Waals surface area contributed by atoms with E-state index >= 15 is 0 Å². The normalized spacial score (nSPS) is 9.78. The highest BCUT2D eigenvalue weighted by atomic mass is 14.0. The second kappa shape index (κ2) is 4.77. The fourth-order valence-electron chi connectivity index (χ4n) is 1.92. The third kappa shape index (κ3) is 2.26. The molecule has 2 aliphatic rings. The van der Waals surface area contributed by atoms with Crippen LogP contribution >= 0.6 is 0 Å². The van der Waals surface area contributed by atoms with E-state index in [9.17, 15) is 0 Å². The predicted molar refractivity (Wildman–Crippen MR) is 75.5 cm³/mol. The van der Waals surface area contributed by atoms with E-state index in [1.807, 2.05) is 30.3 Å². The Balaban J connectivity index is 1.97. The van der Waals surface area contributed by atoms with E-state index in [-0.39, 0.29) is 0 Å². The lowest BCUT2D eigenvalue weighted by molar-refractivity contribution is 1.64. The number of hydrogen-bond acceptors (Lipinski definition) is 0. The molecule has 0 radical (unpaired) electrons. The maximum absolute atomic E-state index is 3.20. The average Bonchev–Trinajstić information content (AvgIpc) is 2.78. The summed E-state index contributed by atoms with van der Waals surface area (Å²) in [5, 5.41) is 0. The molecular formula is C18H12. The molecule has 0 amide bonds. The molecule has 0 saturated carbocycles. The largest absolute Gasteiger partial charge is 0.0622 e. The van der Waals surface area contributed by atoms with E-state index in [4.69, 9.17) is 0 Å². The van der Waals surface area contributed by atoms with Gasteiger partial charge in [0.15, 0.2) is 0 Å². The zero-order chi connectivity index (χ0) is 12.2. The summed E-state index contributed by atoms with van der Waals surface area (Å²) in [5.74, 6) is 6.37. The number of rotatable bonds is 0. The Morgan fingerprint density at radius 3 is 1.61 bits per heavy atom. The Kier molecular flexibility index (Phi) is 2.82. The fraction of sp³-hybridized carbons (Fsp3) is 0. The second-order valence-corrected chi connectivity index (χ2v) is 4.17. The van der Waals surface area contributed by atoms with E-state index in [2.05, 4.69) is 54.3 Å². The first kappa shape index (κ1) is 10.6. The van der Waals surface area contributed by atoms with Crippen LogP contribution in [0.2, 0.25) is 0 Å². The van der Waals surface area contributed by atoms with Gasteiger partial charge in [-0.25, -0.2) is 0 Å². The van der Waals surface area contributed by atoms with Gasteiger partial charge >= 0.3 is 0 Å². The molecule has 0 aliphatic heterocycles. The Hall–Kier alpha value is -2.52. The van der Waals surface area contributed by atoms with E-state index in [0.717, 1.165) is 11.1 Å². The summed E-state index contributed by atoms with van der Waals surface area (Å²) in [5.41, 5.74) is 4.59. The molecule has 3 rings (SSSR count). The van der Waals surface area contributed by atoms with Crippen molar-refractivity contribution in [3.8, 4) is 23.0 Å². The molecule has 0 bridgehead atoms. The van der Waals surface area contributed by atoms with Crippen LogP contribution < -0.4 is 0 Å². The van der Waals surface area contributed by atoms with Crippen molar-refractivity contribution in [2.75, 3.05) is 0 Å². The Morgan fingerprint density at radius 2 is 1.00 bits per heavy atom. The molecule has 2 aliphatic carbocycles. The minimum Gasteiger partial charge on any atom is -0.0622 e. The van der Waals surface area contributed by atoms with Crippen LogP contribution in [0.25, 0.3) is 11.1 Å². The van der Waals surface area contributed by atoms with Crippen LogP contribution in [0.1, 0.15) is 11.1 Å². The minimum atomic E-state index is 1.04. The van der Waals surface area contributed by atoms with E-state index < -0.39 is 0 Å². The van der Waals surface area contributed by atoms with Crippen LogP contribution in [0.5, 0.6) is 0 Å². The van der Waals surface area contributed by atoms with Gasteiger partial charge in [0.1, 0.15) is 0 Å². The first-order valence-corrected chi connectivity index (χ1v) is 5.98. The molecule has 0 nitrogen and oxygen atoms in total. The summed E-state index contributed by atoms with van der Waals surface area (Å²) in [4.78, 5) is 0. The standard InChI is InChI=1S/C18H12/c1-2-5-15(6-3-1)9-10-16-11-13-17-7-4-8-18(17)14-12-16/h1-8,11-14H. The van der Waals surface area contributed by atoms with Crippen molar-refractivity contribution in [1.29, 1.82) is 0 Å². The van der Waals surface area contributed by atoms with Crippen molar-refractivity contribution < 1.29 is 0 Å². The molecule has 84 valence electrons. The monoisotopic (exact) mass is 228 g/mol. The van der Waals surface area contributed by atoms with E-state index in [1.54, 1.807) is 0 Å². The highest BCUT2D eigenvalue weighted by Crippen LogP contribution is 2.21. The van der Waals surface area contributed by atoms with Crippen LogP contribution in [0, 0.1) is 11.8 Å². The third-order valence-corrected chi connectivity index (χ3v) is 2.89. The summed E-state index contributed by atoms with van der Waals surface area (Å²) in [6.45, 7) is 0. The summed E-state index contributed by atoms with van der Waals surface area (Å²) in [6.07, 6.45) is 0. The van der Waals surface area contributed by atoms with Crippen LogP contribution in [-0.4, -0.2) is 0 Å².